The molecule has 0 unspecified atom stereocenters. The molecule has 2 aromatic carbocycles. The smallest absolute Gasteiger partial charge is 0.455 e. The molecule has 7 nitrogen and oxygen atoms in total. The number of carbonyl (C=O) groups is 2. The Balaban J connectivity index is 1.18. The second-order valence-corrected chi connectivity index (χ2v) is 14.5. The average Bonchev–Trinajstić information content (AvgIpc) is 3.28. The third kappa shape index (κ3) is 6.49. The van der Waals surface area contributed by atoms with Crippen molar-refractivity contribution in [2.24, 2.45) is 23.7 Å². The number of phenolic OH excluding ortho intramolecular Hbond substituents is 1. The van der Waals surface area contributed by atoms with E-state index in [1.807, 2.05) is 32.0 Å². The van der Waals surface area contributed by atoms with Crippen LogP contribution < -0.4 is 0 Å². The topological polar surface area (TPSA) is 90.3 Å². The number of allylic oxidation sites excluding steroid dienone is 2. The number of piperidine rings is 1. The molecule has 0 bridgehead atoms. The van der Waals surface area contributed by atoms with Crippen LogP contribution in [0.4, 0.5) is 0 Å². The molecule has 244 valence electrons. The van der Waals surface area contributed by atoms with Gasteiger partial charge in [0.15, 0.2) is 0 Å². The molecular weight excluding hydrogens is 575 g/mol. The Labute approximate surface area is 274 Å². The first-order chi connectivity index (χ1) is 22.0. The minimum atomic E-state index is -0.962. The van der Waals surface area contributed by atoms with Gasteiger partial charge in [-0.1, -0.05) is 61.4 Å². The fraction of sp³-hybridized carbons (Fsp3) is 0.526. The number of carbonyl (C=O) groups excluding carboxylic acids is 2. The van der Waals surface area contributed by atoms with Crippen LogP contribution in [-0.2, 0) is 20.8 Å². The molecule has 0 spiro atoms. The number of aryl methyl sites for hydroxylation is 2. The second-order valence-electron chi connectivity index (χ2n) is 14.5. The molecule has 4 aliphatic rings. The highest BCUT2D eigenvalue weighted by Crippen LogP contribution is 2.52. The molecule has 0 radical (unpaired) electrons. The van der Waals surface area contributed by atoms with Crippen molar-refractivity contribution in [1.29, 1.82) is 0 Å². The fourth-order valence-corrected chi connectivity index (χ4v) is 8.60. The summed E-state index contributed by atoms with van der Waals surface area (Å²) in [5, 5.41) is 21.1. The SMILES string of the molecule is C/C(=C\c1cc(C)c(O)c(C)c1)CC[C@H]1OB(O)C[C@H]2C1=C(C(C)C)C[C@H]1C(=O)N(C3CCN(Cc4ccccc4)CC3)C(=O)[C@H]12. The van der Waals surface area contributed by atoms with Crippen molar-refractivity contribution in [2.45, 2.75) is 91.7 Å². The molecular formula is C38H49BN2O5. The molecule has 0 aromatic heterocycles. The van der Waals surface area contributed by atoms with E-state index in [9.17, 15) is 19.7 Å². The van der Waals surface area contributed by atoms with Crippen LogP contribution in [0.25, 0.3) is 6.08 Å². The number of likely N-dealkylation sites (tertiary alicyclic amines) is 2. The van der Waals surface area contributed by atoms with Gasteiger partial charge in [0.2, 0.25) is 11.8 Å². The van der Waals surface area contributed by atoms with Gasteiger partial charge < -0.3 is 14.8 Å². The van der Waals surface area contributed by atoms with Gasteiger partial charge in [0, 0.05) is 25.7 Å². The predicted molar refractivity (Wildman–Crippen MR) is 182 cm³/mol. The highest BCUT2D eigenvalue weighted by Gasteiger charge is 2.58. The number of nitrogens with zero attached hydrogens (tertiary/aromatic N) is 2. The quantitative estimate of drug-likeness (QED) is 0.203. The molecule has 2 amide bonds. The highest BCUT2D eigenvalue weighted by atomic mass is 16.5. The number of amides is 2. The molecule has 2 aromatic rings. The van der Waals surface area contributed by atoms with Crippen LogP contribution in [0.1, 0.15) is 75.1 Å². The lowest BCUT2D eigenvalue weighted by Crippen LogP contribution is -2.48. The van der Waals surface area contributed by atoms with E-state index in [0.29, 0.717) is 24.9 Å². The lowest BCUT2D eigenvalue weighted by atomic mass is 9.57. The van der Waals surface area contributed by atoms with Gasteiger partial charge in [-0.25, -0.2) is 0 Å². The second kappa shape index (κ2) is 13.5. The molecule has 0 saturated carbocycles. The molecule has 3 fully saturated rings. The molecule has 46 heavy (non-hydrogen) atoms. The van der Waals surface area contributed by atoms with E-state index in [2.05, 4.69) is 56.0 Å². The molecule has 1 aliphatic carbocycles. The fourth-order valence-electron chi connectivity index (χ4n) is 8.60. The van der Waals surface area contributed by atoms with Crippen LogP contribution in [0.15, 0.2) is 59.2 Å². The Morgan fingerprint density at radius 1 is 1.04 bits per heavy atom. The van der Waals surface area contributed by atoms with Crippen LogP contribution in [0.3, 0.4) is 0 Å². The number of hydrogen-bond donors (Lipinski definition) is 2. The average molecular weight is 625 g/mol. The van der Waals surface area contributed by atoms with Crippen molar-refractivity contribution in [3.63, 3.8) is 0 Å². The maximum atomic E-state index is 14.2. The number of imide groups is 1. The lowest BCUT2D eigenvalue weighted by Gasteiger charge is -2.44. The molecule has 2 N–H and O–H groups in total. The summed E-state index contributed by atoms with van der Waals surface area (Å²) in [5.74, 6) is -0.453. The largest absolute Gasteiger partial charge is 0.507 e. The minimum Gasteiger partial charge on any atom is -0.507 e. The van der Waals surface area contributed by atoms with E-state index in [0.717, 1.165) is 61.2 Å². The number of aromatic hydroxyl groups is 1. The molecule has 3 aliphatic heterocycles. The van der Waals surface area contributed by atoms with Gasteiger partial charge in [-0.2, -0.15) is 0 Å². The minimum absolute atomic E-state index is 0.00972. The molecule has 4 atom stereocenters. The number of phenols is 1. The van der Waals surface area contributed by atoms with Crippen molar-refractivity contribution in [3.8, 4) is 5.75 Å². The van der Waals surface area contributed by atoms with Gasteiger partial charge in [-0.15, -0.1) is 0 Å². The maximum Gasteiger partial charge on any atom is 0.455 e. The van der Waals surface area contributed by atoms with Crippen molar-refractivity contribution in [1.82, 2.24) is 9.80 Å². The van der Waals surface area contributed by atoms with Crippen LogP contribution in [-0.4, -0.2) is 64.1 Å². The summed E-state index contributed by atoms with van der Waals surface area (Å²) in [6.45, 7) is 12.9. The van der Waals surface area contributed by atoms with Gasteiger partial charge >= 0.3 is 7.12 Å². The summed E-state index contributed by atoms with van der Waals surface area (Å²) in [6, 6.07) is 14.4. The van der Waals surface area contributed by atoms with Gasteiger partial charge in [-0.3, -0.25) is 19.4 Å². The van der Waals surface area contributed by atoms with E-state index in [1.165, 1.54) is 16.7 Å². The molecule has 3 heterocycles. The first kappa shape index (κ1) is 32.7. The number of fused-ring (bicyclic) bond motifs is 3. The first-order valence-corrected chi connectivity index (χ1v) is 17.2. The third-order valence-corrected chi connectivity index (χ3v) is 10.9. The van der Waals surface area contributed by atoms with Crippen LogP contribution in [0.2, 0.25) is 6.32 Å². The summed E-state index contributed by atoms with van der Waals surface area (Å²) in [7, 11) is -0.962. The Hall–Kier alpha value is -3.20. The highest BCUT2D eigenvalue weighted by molar-refractivity contribution is 6.43. The summed E-state index contributed by atoms with van der Waals surface area (Å²) in [4.78, 5) is 32.3. The Morgan fingerprint density at radius 3 is 2.37 bits per heavy atom. The maximum absolute atomic E-state index is 14.2. The number of hydrogen-bond acceptors (Lipinski definition) is 6. The van der Waals surface area contributed by atoms with Crippen LogP contribution >= 0.6 is 0 Å². The number of benzene rings is 2. The standard InChI is InChI=1S/C38H49BN2O5/c1-23(2)30-20-31-35(38(44)41(37(31)43)29-13-15-40(16-14-29)22-27-9-7-6-8-10-27)32-21-39(45)46-33(34(30)32)12-11-24(3)17-28-18-25(4)36(42)26(5)19-28/h6-10,17-19,23,29,31-33,35,42,45H,11-16,20-22H2,1-5H3/b24-17+/t31-,32+,33-,35-/m1/s1. The van der Waals surface area contributed by atoms with Crippen molar-refractivity contribution < 1.29 is 24.4 Å². The van der Waals surface area contributed by atoms with Gasteiger partial charge in [0.1, 0.15) is 5.75 Å². The molecule has 6 rings (SSSR count). The number of rotatable bonds is 8. The Kier molecular flexibility index (Phi) is 9.61. The van der Waals surface area contributed by atoms with Gasteiger partial charge in [-0.05, 0) is 111 Å². The zero-order valence-corrected chi connectivity index (χ0v) is 28.0. The van der Waals surface area contributed by atoms with Gasteiger partial charge in [0.05, 0.1) is 17.9 Å². The normalized spacial score (nSPS) is 26.3. The summed E-state index contributed by atoms with van der Waals surface area (Å²) in [5.41, 5.74) is 7.61. The van der Waals surface area contributed by atoms with E-state index in [4.69, 9.17) is 4.65 Å². The summed E-state index contributed by atoms with van der Waals surface area (Å²) < 4.78 is 6.23. The Bertz CT molecular complexity index is 1500. The predicted octanol–water partition coefficient (Wildman–Crippen LogP) is 6.31. The zero-order valence-electron chi connectivity index (χ0n) is 28.0. The summed E-state index contributed by atoms with van der Waals surface area (Å²) >= 11 is 0. The molecule has 3 saturated heterocycles. The van der Waals surface area contributed by atoms with Gasteiger partial charge in [0.25, 0.3) is 0 Å². The van der Waals surface area contributed by atoms with Crippen molar-refractivity contribution in [3.05, 3.63) is 81.4 Å². The van der Waals surface area contributed by atoms with Crippen LogP contribution in [0.5, 0.6) is 5.75 Å². The van der Waals surface area contributed by atoms with Crippen LogP contribution in [0, 0.1) is 37.5 Å². The van der Waals surface area contributed by atoms with Crippen molar-refractivity contribution >= 4 is 25.0 Å². The van der Waals surface area contributed by atoms with E-state index >= 15 is 0 Å². The van der Waals surface area contributed by atoms with E-state index in [1.54, 1.807) is 4.90 Å². The van der Waals surface area contributed by atoms with E-state index < -0.39 is 13.0 Å². The molecule has 8 heteroatoms. The van der Waals surface area contributed by atoms with E-state index in [-0.39, 0.29) is 41.7 Å². The lowest BCUT2D eigenvalue weighted by molar-refractivity contribution is -0.144. The summed E-state index contributed by atoms with van der Waals surface area (Å²) in [6.07, 6.45) is 5.86. The zero-order chi connectivity index (χ0) is 32.7. The van der Waals surface area contributed by atoms with Crippen molar-refractivity contribution in [2.75, 3.05) is 13.1 Å². The Morgan fingerprint density at radius 2 is 1.72 bits per heavy atom. The monoisotopic (exact) mass is 624 g/mol. The first-order valence-electron chi connectivity index (χ1n) is 17.2. The third-order valence-electron chi connectivity index (χ3n) is 10.9.